The maximum atomic E-state index is 12.6. The van der Waals surface area contributed by atoms with Gasteiger partial charge in [0.05, 0.1) is 25.7 Å². The smallest absolute Gasteiger partial charge is 0.307 e. The summed E-state index contributed by atoms with van der Waals surface area (Å²) in [6, 6.07) is 4.89. The zero-order valence-corrected chi connectivity index (χ0v) is 12.8. The fraction of sp³-hybridized carbons (Fsp3) is 0.500. The molecule has 1 rings (SSSR count). The number of aryl methyl sites for hydroxylation is 2. The Morgan fingerprint density at radius 3 is 2.62 bits per heavy atom. The van der Waals surface area contributed by atoms with Crippen LogP contribution in [-0.4, -0.2) is 42.7 Å². The number of benzene rings is 1. The standard InChI is InChI=1S/C16H23NO4/c1-4-21-15(19)10-14(17-7-8-18)16(20)13-6-5-11(2)9-12(13)3/h5-6,9,14,17-18H,4,7-8,10H2,1-3H3. The highest BCUT2D eigenvalue weighted by atomic mass is 16.5. The van der Waals surface area contributed by atoms with E-state index in [-0.39, 0.29) is 32.0 Å². The number of ether oxygens (including phenoxy) is 1. The summed E-state index contributed by atoms with van der Waals surface area (Å²) >= 11 is 0. The number of aliphatic hydroxyl groups excluding tert-OH is 1. The van der Waals surface area contributed by atoms with Crippen LogP contribution in [0.2, 0.25) is 0 Å². The van der Waals surface area contributed by atoms with Gasteiger partial charge in [0.1, 0.15) is 0 Å². The normalized spacial score (nSPS) is 12.0. The summed E-state index contributed by atoms with van der Waals surface area (Å²) in [5.41, 5.74) is 2.54. The van der Waals surface area contributed by atoms with Crippen molar-refractivity contribution in [2.75, 3.05) is 19.8 Å². The third-order valence-electron chi connectivity index (χ3n) is 3.14. The Morgan fingerprint density at radius 1 is 1.33 bits per heavy atom. The van der Waals surface area contributed by atoms with Gasteiger partial charge < -0.3 is 15.2 Å². The van der Waals surface area contributed by atoms with Crippen LogP contribution < -0.4 is 5.32 Å². The lowest BCUT2D eigenvalue weighted by Gasteiger charge is -2.17. The number of Topliss-reactive ketones (excluding diaryl/α,β-unsaturated/α-hetero) is 1. The molecule has 21 heavy (non-hydrogen) atoms. The monoisotopic (exact) mass is 293 g/mol. The number of rotatable bonds is 8. The summed E-state index contributed by atoms with van der Waals surface area (Å²) in [6.07, 6.45) is -0.0417. The predicted octanol–water partition coefficient (Wildman–Crippen LogP) is 1.39. The zero-order chi connectivity index (χ0) is 15.8. The van der Waals surface area contributed by atoms with Gasteiger partial charge in [-0.2, -0.15) is 0 Å². The fourth-order valence-electron chi connectivity index (χ4n) is 2.16. The molecule has 0 fully saturated rings. The summed E-state index contributed by atoms with van der Waals surface area (Å²) in [5.74, 6) is -0.583. The molecule has 1 aromatic carbocycles. The first-order chi connectivity index (χ1) is 9.99. The molecule has 2 N–H and O–H groups in total. The summed E-state index contributed by atoms with van der Waals surface area (Å²) in [4.78, 5) is 24.2. The van der Waals surface area contributed by atoms with Crippen LogP contribution in [0, 0.1) is 13.8 Å². The molecule has 5 heteroatoms. The maximum absolute atomic E-state index is 12.6. The number of aliphatic hydroxyl groups is 1. The Labute approximate surface area is 125 Å². The first kappa shape index (κ1) is 17.3. The second-order valence-corrected chi connectivity index (χ2v) is 4.92. The van der Waals surface area contributed by atoms with Crippen molar-refractivity contribution in [2.24, 2.45) is 0 Å². The van der Waals surface area contributed by atoms with Gasteiger partial charge in [0, 0.05) is 12.1 Å². The molecule has 5 nitrogen and oxygen atoms in total. The van der Waals surface area contributed by atoms with Gasteiger partial charge in [0.15, 0.2) is 5.78 Å². The molecule has 0 radical (unpaired) electrons. The first-order valence-corrected chi connectivity index (χ1v) is 7.11. The van der Waals surface area contributed by atoms with E-state index in [2.05, 4.69) is 5.32 Å². The van der Waals surface area contributed by atoms with Gasteiger partial charge in [-0.25, -0.2) is 0 Å². The molecule has 0 aliphatic carbocycles. The third-order valence-corrected chi connectivity index (χ3v) is 3.14. The first-order valence-electron chi connectivity index (χ1n) is 7.11. The molecule has 1 atom stereocenters. The largest absolute Gasteiger partial charge is 0.466 e. The van der Waals surface area contributed by atoms with Crippen molar-refractivity contribution in [3.63, 3.8) is 0 Å². The van der Waals surface area contributed by atoms with Crippen molar-refractivity contribution in [3.05, 3.63) is 34.9 Å². The van der Waals surface area contributed by atoms with Gasteiger partial charge in [-0.1, -0.05) is 23.8 Å². The molecule has 0 aliphatic heterocycles. The number of esters is 1. The number of carbonyl (C=O) groups is 2. The van der Waals surface area contributed by atoms with Crippen LogP contribution in [0.3, 0.4) is 0 Å². The highest BCUT2D eigenvalue weighted by Gasteiger charge is 2.24. The molecule has 1 aromatic rings. The number of carbonyl (C=O) groups excluding carboxylic acids is 2. The number of hydrogen-bond acceptors (Lipinski definition) is 5. The lowest BCUT2D eigenvalue weighted by Crippen LogP contribution is -2.40. The van der Waals surface area contributed by atoms with Crippen molar-refractivity contribution in [3.8, 4) is 0 Å². The van der Waals surface area contributed by atoms with E-state index in [1.54, 1.807) is 13.0 Å². The Kier molecular flexibility index (Phi) is 7.05. The van der Waals surface area contributed by atoms with E-state index in [1.165, 1.54) is 0 Å². The predicted molar refractivity (Wildman–Crippen MR) is 80.4 cm³/mol. The van der Waals surface area contributed by atoms with Crippen LogP contribution in [-0.2, 0) is 9.53 Å². The quantitative estimate of drug-likeness (QED) is 0.559. The van der Waals surface area contributed by atoms with E-state index in [9.17, 15) is 9.59 Å². The summed E-state index contributed by atoms with van der Waals surface area (Å²) in [5, 5.41) is 11.8. The van der Waals surface area contributed by atoms with Crippen LogP contribution in [0.15, 0.2) is 18.2 Å². The van der Waals surface area contributed by atoms with E-state index in [0.717, 1.165) is 11.1 Å². The number of ketones is 1. The van der Waals surface area contributed by atoms with Crippen LogP contribution >= 0.6 is 0 Å². The lowest BCUT2D eigenvalue weighted by atomic mass is 9.96. The minimum Gasteiger partial charge on any atom is -0.466 e. The van der Waals surface area contributed by atoms with Crippen LogP contribution in [0.25, 0.3) is 0 Å². The van der Waals surface area contributed by atoms with Gasteiger partial charge in [-0.05, 0) is 26.3 Å². The van der Waals surface area contributed by atoms with Crippen molar-refractivity contribution in [2.45, 2.75) is 33.2 Å². The van der Waals surface area contributed by atoms with Crippen molar-refractivity contribution >= 4 is 11.8 Å². The Hall–Kier alpha value is -1.72. The average molecular weight is 293 g/mol. The molecule has 0 bridgehead atoms. The molecule has 0 spiro atoms. The lowest BCUT2D eigenvalue weighted by molar-refractivity contribution is -0.143. The summed E-state index contributed by atoms with van der Waals surface area (Å²) in [6.45, 7) is 5.98. The molecule has 0 saturated heterocycles. The molecule has 0 amide bonds. The van der Waals surface area contributed by atoms with E-state index >= 15 is 0 Å². The van der Waals surface area contributed by atoms with E-state index in [0.29, 0.717) is 5.56 Å². The van der Waals surface area contributed by atoms with E-state index in [4.69, 9.17) is 9.84 Å². The summed E-state index contributed by atoms with van der Waals surface area (Å²) in [7, 11) is 0. The Morgan fingerprint density at radius 2 is 2.05 bits per heavy atom. The SMILES string of the molecule is CCOC(=O)CC(NCCO)C(=O)c1ccc(C)cc1C. The molecule has 0 saturated carbocycles. The van der Waals surface area contributed by atoms with Gasteiger partial charge in [0.25, 0.3) is 0 Å². The minimum atomic E-state index is -0.683. The van der Waals surface area contributed by atoms with Crippen molar-refractivity contribution < 1.29 is 19.4 Å². The average Bonchev–Trinajstić information content (AvgIpc) is 2.43. The van der Waals surface area contributed by atoms with Gasteiger partial charge >= 0.3 is 5.97 Å². The van der Waals surface area contributed by atoms with Gasteiger partial charge in [-0.3, -0.25) is 9.59 Å². The Bertz CT molecular complexity index is 499. The molecule has 0 aliphatic rings. The van der Waals surface area contributed by atoms with Gasteiger partial charge in [-0.15, -0.1) is 0 Å². The molecule has 1 unspecified atom stereocenters. The molecule has 0 aromatic heterocycles. The minimum absolute atomic E-state index is 0.0417. The summed E-state index contributed by atoms with van der Waals surface area (Å²) < 4.78 is 4.89. The zero-order valence-electron chi connectivity index (χ0n) is 12.8. The maximum Gasteiger partial charge on any atom is 0.307 e. The fourth-order valence-corrected chi connectivity index (χ4v) is 2.16. The van der Waals surface area contributed by atoms with E-state index in [1.807, 2.05) is 26.0 Å². The van der Waals surface area contributed by atoms with Crippen molar-refractivity contribution in [1.29, 1.82) is 0 Å². The number of hydrogen-bond donors (Lipinski definition) is 2. The number of nitrogens with one attached hydrogen (secondary N) is 1. The van der Waals surface area contributed by atoms with Crippen LogP contribution in [0.1, 0.15) is 34.8 Å². The Balaban J connectivity index is 2.90. The second kappa shape index (κ2) is 8.54. The topological polar surface area (TPSA) is 75.6 Å². The molecular formula is C16H23NO4. The van der Waals surface area contributed by atoms with E-state index < -0.39 is 12.0 Å². The molecule has 0 heterocycles. The third kappa shape index (κ3) is 5.28. The van der Waals surface area contributed by atoms with Crippen LogP contribution in [0.4, 0.5) is 0 Å². The van der Waals surface area contributed by atoms with Crippen LogP contribution in [0.5, 0.6) is 0 Å². The molecular weight excluding hydrogens is 270 g/mol. The highest BCUT2D eigenvalue weighted by molar-refractivity contribution is 6.03. The highest BCUT2D eigenvalue weighted by Crippen LogP contribution is 2.14. The van der Waals surface area contributed by atoms with Gasteiger partial charge in [0.2, 0.25) is 0 Å². The van der Waals surface area contributed by atoms with Crippen molar-refractivity contribution in [1.82, 2.24) is 5.32 Å². The molecule has 116 valence electrons. The second-order valence-electron chi connectivity index (χ2n) is 4.92.